The monoisotopic (exact) mass is 481 g/mol. The lowest BCUT2D eigenvalue weighted by atomic mass is 10.0. The van der Waals surface area contributed by atoms with Crippen molar-refractivity contribution in [3.8, 4) is 0 Å². The number of nitrogens with zero attached hydrogens (tertiary/aromatic N) is 2. The molecule has 5 nitrogen and oxygen atoms in total. The molecule has 170 valence electrons. The van der Waals surface area contributed by atoms with E-state index in [0.29, 0.717) is 19.6 Å². The van der Waals surface area contributed by atoms with Crippen molar-refractivity contribution in [1.82, 2.24) is 9.88 Å². The molecule has 0 aliphatic carbocycles. The molecule has 0 saturated carbocycles. The van der Waals surface area contributed by atoms with E-state index in [-0.39, 0.29) is 11.4 Å². The summed E-state index contributed by atoms with van der Waals surface area (Å²) in [5.74, 6) is -2.85. The maximum Gasteiger partial charge on any atom is 0.189 e. The fraction of sp³-hybridized carbons (Fsp3) is 0.318. The number of likely N-dealkylation sites (tertiary alicyclic amines) is 1. The third kappa shape index (κ3) is 5.31. The standard InChI is InChI=1S/C22H22F3N3O2S2/c23-17-10-28(11-17)6-5-15-3-1-2-4-16(15)9-26-18-7-20(24)22(21(25)8-18)32(29,30)13-19-12-31-14-27-19/h1-4,7-8,12,14,17,26H,5-6,9-11,13H2. The normalized spacial score (nSPS) is 15.0. The molecule has 2 heterocycles. The van der Waals surface area contributed by atoms with Gasteiger partial charge in [-0.1, -0.05) is 24.3 Å². The van der Waals surface area contributed by atoms with Gasteiger partial charge in [-0.05, 0) is 29.7 Å². The van der Waals surface area contributed by atoms with E-state index in [1.165, 1.54) is 22.2 Å². The Kier molecular flexibility index (Phi) is 6.82. The summed E-state index contributed by atoms with van der Waals surface area (Å²) in [6, 6.07) is 9.64. The minimum atomic E-state index is -4.22. The zero-order valence-electron chi connectivity index (χ0n) is 17.1. The smallest absolute Gasteiger partial charge is 0.189 e. The highest BCUT2D eigenvalue weighted by Crippen LogP contribution is 2.27. The second-order valence-electron chi connectivity index (χ2n) is 7.74. The van der Waals surface area contributed by atoms with Crippen LogP contribution in [0.25, 0.3) is 0 Å². The minimum Gasteiger partial charge on any atom is -0.381 e. The summed E-state index contributed by atoms with van der Waals surface area (Å²) in [5, 5.41) is 4.50. The second kappa shape index (κ2) is 9.60. The molecular weight excluding hydrogens is 459 g/mol. The first-order chi connectivity index (χ1) is 15.3. The fourth-order valence-electron chi connectivity index (χ4n) is 3.67. The molecule has 0 atom stereocenters. The number of aromatic nitrogens is 1. The number of sulfone groups is 1. The maximum absolute atomic E-state index is 14.6. The average molecular weight is 482 g/mol. The minimum absolute atomic E-state index is 0.144. The number of hydrogen-bond donors (Lipinski definition) is 1. The molecule has 1 aliphatic rings. The first kappa shape index (κ1) is 22.8. The number of hydrogen-bond acceptors (Lipinski definition) is 6. The van der Waals surface area contributed by atoms with E-state index in [2.05, 4.69) is 10.3 Å². The molecule has 0 radical (unpaired) electrons. The Balaban J connectivity index is 1.44. The van der Waals surface area contributed by atoms with Crippen LogP contribution in [0.2, 0.25) is 0 Å². The number of rotatable bonds is 9. The Hall–Kier alpha value is -2.43. The molecular formula is C22H22F3N3O2S2. The number of nitrogens with one attached hydrogen (secondary N) is 1. The summed E-state index contributed by atoms with van der Waals surface area (Å²) >= 11 is 1.21. The van der Waals surface area contributed by atoms with Crippen LogP contribution in [0.5, 0.6) is 0 Å². The van der Waals surface area contributed by atoms with Gasteiger partial charge < -0.3 is 5.32 Å². The van der Waals surface area contributed by atoms with Crippen molar-refractivity contribution in [2.24, 2.45) is 0 Å². The van der Waals surface area contributed by atoms with Gasteiger partial charge in [0.15, 0.2) is 9.84 Å². The van der Waals surface area contributed by atoms with Crippen LogP contribution in [0.15, 0.2) is 52.2 Å². The Morgan fingerprint density at radius 2 is 1.81 bits per heavy atom. The van der Waals surface area contributed by atoms with Gasteiger partial charge in [0.2, 0.25) is 0 Å². The average Bonchev–Trinajstić information content (AvgIpc) is 3.21. The van der Waals surface area contributed by atoms with Gasteiger partial charge in [-0.2, -0.15) is 0 Å². The van der Waals surface area contributed by atoms with E-state index in [0.717, 1.165) is 36.2 Å². The van der Waals surface area contributed by atoms with Crippen molar-refractivity contribution in [3.63, 3.8) is 0 Å². The van der Waals surface area contributed by atoms with Crippen molar-refractivity contribution in [2.75, 3.05) is 25.0 Å². The highest BCUT2D eigenvalue weighted by Gasteiger charge is 2.27. The van der Waals surface area contributed by atoms with Gasteiger partial charge in [0.1, 0.15) is 22.7 Å². The van der Waals surface area contributed by atoms with Crippen molar-refractivity contribution in [3.05, 3.63) is 75.7 Å². The molecule has 1 aromatic heterocycles. The van der Waals surface area contributed by atoms with Crippen LogP contribution in [0, 0.1) is 11.6 Å². The van der Waals surface area contributed by atoms with E-state index >= 15 is 0 Å². The zero-order valence-corrected chi connectivity index (χ0v) is 18.7. The predicted molar refractivity (Wildman–Crippen MR) is 118 cm³/mol. The SMILES string of the molecule is O=S(=O)(Cc1cscn1)c1c(F)cc(NCc2ccccc2CCN2CC(F)C2)cc1F. The lowest BCUT2D eigenvalue weighted by Gasteiger charge is -2.34. The van der Waals surface area contributed by atoms with E-state index in [9.17, 15) is 21.6 Å². The number of benzene rings is 2. The Labute approximate surface area is 188 Å². The predicted octanol–water partition coefficient (Wildman–Crippen LogP) is 4.20. The molecule has 10 heteroatoms. The van der Waals surface area contributed by atoms with Crippen molar-refractivity contribution in [1.29, 1.82) is 0 Å². The third-order valence-corrected chi connectivity index (χ3v) is 7.67. The summed E-state index contributed by atoms with van der Waals surface area (Å²) < 4.78 is 67.2. The first-order valence-corrected chi connectivity index (χ1v) is 12.7. The van der Waals surface area contributed by atoms with Crippen LogP contribution in [0.4, 0.5) is 18.9 Å². The van der Waals surface area contributed by atoms with Gasteiger partial charge in [0.05, 0.1) is 17.0 Å². The van der Waals surface area contributed by atoms with Crippen LogP contribution in [0.3, 0.4) is 0 Å². The fourth-order valence-corrected chi connectivity index (χ4v) is 5.74. The van der Waals surface area contributed by atoms with Gasteiger partial charge in [-0.15, -0.1) is 11.3 Å². The van der Waals surface area contributed by atoms with Gasteiger partial charge in [0.25, 0.3) is 0 Å². The molecule has 0 amide bonds. The van der Waals surface area contributed by atoms with Crippen LogP contribution in [0.1, 0.15) is 16.8 Å². The van der Waals surface area contributed by atoms with Gasteiger partial charge >= 0.3 is 0 Å². The largest absolute Gasteiger partial charge is 0.381 e. The topological polar surface area (TPSA) is 62.3 Å². The molecule has 0 unspecified atom stereocenters. The van der Waals surface area contributed by atoms with Crippen LogP contribution in [-0.4, -0.2) is 44.1 Å². The molecule has 32 heavy (non-hydrogen) atoms. The van der Waals surface area contributed by atoms with E-state index in [4.69, 9.17) is 0 Å². The van der Waals surface area contributed by atoms with Crippen LogP contribution < -0.4 is 5.32 Å². The highest BCUT2D eigenvalue weighted by molar-refractivity contribution is 7.90. The van der Waals surface area contributed by atoms with Crippen molar-refractivity contribution >= 4 is 26.9 Å². The lowest BCUT2D eigenvalue weighted by molar-refractivity contribution is 0.0670. The molecule has 3 aromatic rings. The zero-order chi connectivity index (χ0) is 22.7. The molecule has 2 aromatic carbocycles. The van der Waals surface area contributed by atoms with Crippen LogP contribution in [-0.2, 0) is 28.6 Å². The van der Waals surface area contributed by atoms with Crippen molar-refractivity contribution < 1.29 is 21.6 Å². The molecule has 1 fully saturated rings. The summed E-state index contributed by atoms with van der Waals surface area (Å²) in [6.45, 7) is 1.96. The van der Waals surface area contributed by atoms with E-state index in [1.54, 1.807) is 0 Å². The first-order valence-electron chi connectivity index (χ1n) is 10.1. The molecule has 0 spiro atoms. The molecule has 1 N–H and O–H groups in total. The molecule has 0 bridgehead atoms. The molecule has 1 saturated heterocycles. The second-order valence-corrected chi connectivity index (χ2v) is 10.4. The van der Waals surface area contributed by atoms with Gasteiger partial charge in [0, 0.05) is 37.2 Å². The summed E-state index contributed by atoms with van der Waals surface area (Å²) in [5.41, 5.74) is 3.86. The Morgan fingerprint density at radius 3 is 2.44 bits per heavy atom. The number of anilines is 1. The lowest BCUT2D eigenvalue weighted by Crippen LogP contribution is -2.48. The number of halogens is 3. The maximum atomic E-state index is 14.6. The summed E-state index contributed by atoms with van der Waals surface area (Å²) in [7, 11) is -4.22. The Bertz CT molecular complexity index is 1160. The van der Waals surface area contributed by atoms with Gasteiger partial charge in [-0.3, -0.25) is 4.90 Å². The quantitative estimate of drug-likeness (QED) is 0.496. The van der Waals surface area contributed by atoms with E-state index < -0.39 is 38.3 Å². The van der Waals surface area contributed by atoms with Crippen LogP contribution >= 0.6 is 11.3 Å². The summed E-state index contributed by atoms with van der Waals surface area (Å²) in [6.07, 6.45) is -0.00818. The summed E-state index contributed by atoms with van der Waals surface area (Å²) in [4.78, 5) is 4.96. The van der Waals surface area contributed by atoms with Gasteiger partial charge in [-0.25, -0.2) is 26.6 Å². The highest BCUT2D eigenvalue weighted by atomic mass is 32.2. The third-order valence-electron chi connectivity index (χ3n) is 5.34. The molecule has 1 aliphatic heterocycles. The Morgan fingerprint density at radius 1 is 1.12 bits per heavy atom. The van der Waals surface area contributed by atoms with E-state index in [1.807, 2.05) is 29.2 Å². The van der Waals surface area contributed by atoms with Crippen molar-refractivity contribution in [2.45, 2.75) is 29.8 Å². The number of thiazole rings is 1. The number of alkyl halides is 1. The molecule has 4 rings (SSSR count).